The van der Waals surface area contributed by atoms with Gasteiger partial charge in [-0.1, -0.05) is 18.2 Å². The number of oxazole rings is 1. The fourth-order valence-electron chi connectivity index (χ4n) is 2.65. The monoisotopic (exact) mass is 314 g/mol. The first kappa shape index (κ1) is 15.7. The molecule has 2 heterocycles. The van der Waals surface area contributed by atoms with Crippen molar-refractivity contribution in [2.45, 2.75) is 6.92 Å². The van der Waals surface area contributed by atoms with Gasteiger partial charge in [-0.15, -0.1) is 0 Å². The van der Waals surface area contributed by atoms with Gasteiger partial charge in [-0.3, -0.25) is 9.69 Å². The van der Waals surface area contributed by atoms with Crippen molar-refractivity contribution in [2.24, 2.45) is 0 Å². The van der Waals surface area contributed by atoms with Crippen LogP contribution in [0.15, 0.2) is 34.7 Å². The van der Waals surface area contributed by atoms with Crippen molar-refractivity contribution in [3.05, 3.63) is 41.8 Å². The molecule has 3 rings (SSSR count). The number of amides is 1. The molecule has 1 fully saturated rings. The molecule has 2 N–H and O–H groups in total. The molecular formula is C17H22N4O2. The molecule has 0 radical (unpaired) electrons. The third-order valence-corrected chi connectivity index (χ3v) is 3.95. The van der Waals surface area contributed by atoms with E-state index >= 15 is 0 Å². The Morgan fingerprint density at radius 3 is 2.78 bits per heavy atom. The van der Waals surface area contributed by atoms with Gasteiger partial charge in [0, 0.05) is 44.8 Å². The lowest BCUT2D eigenvalue weighted by molar-refractivity contribution is 0.0919. The number of rotatable bonds is 5. The molecule has 1 amide bonds. The molecule has 1 aromatic carbocycles. The van der Waals surface area contributed by atoms with Gasteiger partial charge in [0.15, 0.2) is 0 Å². The van der Waals surface area contributed by atoms with Crippen LogP contribution in [0.1, 0.15) is 16.2 Å². The number of aryl methyl sites for hydroxylation is 1. The second-order valence-electron chi connectivity index (χ2n) is 5.65. The number of benzene rings is 1. The quantitative estimate of drug-likeness (QED) is 0.870. The normalized spacial score (nSPS) is 15.5. The van der Waals surface area contributed by atoms with Gasteiger partial charge in [-0.2, -0.15) is 0 Å². The van der Waals surface area contributed by atoms with E-state index in [9.17, 15) is 4.79 Å². The highest BCUT2D eigenvalue weighted by Crippen LogP contribution is 2.21. The summed E-state index contributed by atoms with van der Waals surface area (Å²) in [6.45, 7) is 7.32. The Morgan fingerprint density at radius 1 is 1.30 bits per heavy atom. The van der Waals surface area contributed by atoms with Gasteiger partial charge >= 0.3 is 0 Å². The molecule has 2 aromatic rings. The van der Waals surface area contributed by atoms with Crippen LogP contribution in [0.4, 0.5) is 0 Å². The maximum atomic E-state index is 12.3. The summed E-state index contributed by atoms with van der Waals surface area (Å²) in [7, 11) is 0. The van der Waals surface area contributed by atoms with Crippen LogP contribution in [0.2, 0.25) is 0 Å². The molecule has 6 nitrogen and oxygen atoms in total. The number of hydrogen-bond donors (Lipinski definition) is 2. The van der Waals surface area contributed by atoms with Gasteiger partial charge in [0.1, 0.15) is 0 Å². The van der Waals surface area contributed by atoms with Crippen LogP contribution in [0, 0.1) is 6.92 Å². The summed E-state index contributed by atoms with van der Waals surface area (Å²) in [5, 5.41) is 6.23. The van der Waals surface area contributed by atoms with Gasteiger partial charge in [0.25, 0.3) is 5.91 Å². The first-order valence-corrected chi connectivity index (χ1v) is 7.98. The fraction of sp³-hybridized carbons (Fsp3) is 0.412. The number of piperazine rings is 1. The summed E-state index contributed by atoms with van der Waals surface area (Å²) >= 11 is 0. The predicted octanol–water partition coefficient (Wildman–Crippen LogP) is 1.29. The molecule has 1 aromatic heterocycles. The Balaban J connectivity index is 1.58. The maximum Gasteiger partial charge on any atom is 0.289 e. The third-order valence-electron chi connectivity index (χ3n) is 3.95. The van der Waals surface area contributed by atoms with Crippen molar-refractivity contribution in [3.63, 3.8) is 0 Å². The van der Waals surface area contributed by atoms with E-state index in [2.05, 4.69) is 20.5 Å². The lowest BCUT2D eigenvalue weighted by atomic mass is 10.2. The van der Waals surface area contributed by atoms with Crippen molar-refractivity contribution in [1.82, 2.24) is 20.5 Å². The molecule has 1 aliphatic rings. The Hall–Kier alpha value is -2.18. The van der Waals surface area contributed by atoms with Crippen LogP contribution < -0.4 is 10.6 Å². The van der Waals surface area contributed by atoms with E-state index in [4.69, 9.17) is 4.42 Å². The summed E-state index contributed by atoms with van der Waals surface area (Å²) in [4.78, 5) is 19.0. The molecule has 0 unspecified atom stereocenters. The minimum absolute atomic E-state index is 0.202. The van der Waals surface area contributed by atoms with Gasteiger partial charge in [-0.25, -0.2) is 4.98 Å². The number of nitrogens with zero attached hydrogens (tertiary/aromatic N) is 2. The zero-order chi connectivity index (χ0) is 16.1. The van der Waals surface area contributed by atoms with E-state index in [-0.39, 0.29) is 5.91 Å². The highest BCUT2D eigenvalue weighted by Gasteiger charge is 2.18. The molecule has 0 bridgehead atoms. The van der Waals surface area contributed by atoms with Crippen LogP contribution in [-0.4, -0.2) is 55.1 Å². The summed E-state index contributed by atoms with van der Waals surface area (Å²) in [6.07, 6.45) is 0. The molecular weight excluding hydrogens is 292 g/mol. The van der Waals surface area contributed by atoms with E-state index in [1.54, 1.807) is 6.92 Å². The number of aromatic nitrogens is 1. The highest BCUT2D eigenvalue weighted by atomic mass is 16.4. The molecule has 0 atom stereocenters. The van der Waals surface area contributed by atoms with Gasteiger partial charge in [0.2, 0.25) is 11.7 Å². The van der Waals surface area contributed by atoms with Crippen molar-refractivity contribution in [2.75, 3.05) is 39.3 Å². The molecule has 0 spiro atoms. The zero-order valence-corrected chi connectivity index (χ0v) is 13.3. The molecule has 0 aliphatic carbocycles. The van der Waals surface area contributed by atoms with Crippen LogP contribution in [0.5, 0.6) is 0 Å². The summed E-state index contributed by atoms with van der Waals surface area (Å²) in [5.41, 5.74) is 1.49. The van der Waals surface area contributed by atoms with E-state index in [0.29, 0.717) is 23.9 Å². The minimum Gasteiger partial charge on any atom is -0.431 e. The Labute approximate surface area is 135 Å². The number of carbonyl (C=O) groups excluding carboxylic acids is 1. The largest absolute Gasteiger partial charge is 0.431 e. The first-order valence-electron chi connectivity index (χ1n) is 7.98. The van der Waals surface area contributed by atoms with Crippen molar-refractivity contribution < 1.29 is 9.21 Å². The van der Waals surface area contributed by atoms with Crippen LogP contribution >= 0.6 is 0 Å². The summed E-state index contributed by atoms with van der Waals surface area (Å²) in [5.74, 6) is 0.576. The van der Waals surface area contributed by atoms with Crippen molar-refractivity contribution >= 4 is 5.91 Å². The van der Waals surface area contributed by atoms with Crippen LogP contribution in [0.3, 0.4) is 0 Å². The highest BCUT2D eigenvalue weighted by molar-refractivity contribution is 5.92. The van der Waals surface area contributed by atoms with E-state index in [1.165, 1.54) is 0 Å². The number of carbonyl (C=O) groups is 1. The van der Waals surface area contributed by atoms with E-state index < -0.39 is 0 Å². The first-order chi connectivity index (χ1) is 11.2. The van der Waals surface area contributed by atoms with Crippen molar-refractivity contribution in [1.29, 1.82) is 0 Å². The van der Waals surface area contributed by atoms with Crippen molar-refractivity contribution in [3.8, 4) is 11.5 Å². The lowest BCUT2D eigenvalue weighted by Crippen LogP contribution is -2.46. The van der Waals surface area contributed by atoms with E-state index in [1.807, 2.05) is 30.3 Å². The molecule has 1 saturated heterocycles. The molecule has 23 heavy (non-hydrogen) atoms. The van der Waals surface area contributed by atoms with Crippen LogP contribution in [0.25, 0.3) is 11.5 Å². The SMILES string of the molecule is Cc1nc(-c2ccccc2)oc1C(=O)NCCN1CCNCC1. The average Bonchev–Trinajstić information content (AvgIpc) is 2.98. The second kappa shape index (κ2) is 7.39. The average molecular weight is 314 g/mol. The summed E-state index contributed by atoms with van der Waals surface area (Å²) < 4.78 is 5.66. The zero-order valence-electron chi connectivity index (χ0n) is 13.3. The lowest BCUT2D eigenvalue weighted by Gasteiger charge is -2.26. The van der Waals surface area contributed by atoms with Gasteiger partial charge in [-0.05, 0) is 19.1 Å². The van der Waals surface area contributed by atoms with Gasteiger partial charge in [0.05, 0.1) is 5.69 Å². The maximum absolute atomic E-state index is 12.3. The smallest absolute Gasteiger partial charge is 0.289 e. The van der Waals surface area contributed by atoms with Gasteiger partial charge < -0.3 is 15.1 Å². The molecule has 6 heteroatoms. The Bertz CT molecular complexity index is 648. The number of hydrogen-bond acceptors (Lipinski definition) is 5. The predicted molar refractivity (Wildman–Crippen MR) is 88.3 cm³/mol. The van der Waals surface area contributed by atoms with Crippen LogP contribution in [-0.2, 0) is 0 Å². The fourth-order valence-corrected chi connectivity index (χ4v) is 2.65. The molecule has 0 saturated carbocycles. The standard InChI is InChI=1S/C17H22N4O2/c1-13-15(23-17(20-13)14-5-3-2-4-6-14)16(22)19-9-12-21-10-7-18-8-11-21/h2-6,18H,7-12H2,1H3,(H,19,22). The third kappa shape index (κ3) is 3.97. The topological polar surface area (TPSA) is 70.4 Å². The molecule has 122 valence electrons. The minimum atomic E-state index is -0.202. The Morgan fingerprint density at radius 2 is 2.04 bits per heavy atom. The second-order valence-corrected chi connectivity index (χ2v) is 5.65. The molecule has 1 aliphatic heterocycles. The summed E-state index contributed by atoms with van der Waals surface area (Å²) in [6, 6.07) is 9.60. The van der Waals surface area contributed by atoms with E-state index in [0.717, 1.165) is 38.3 Å². The number of nitrogens with one attached hydrogen (secondary N) is 2. The Kier molecular flexibility index (Phi) is 5.05.